The molecule has 0 fully saturated rings. The number of benzene rings is 2. The summed E-state index contributed by atoms with van der Waals surface area (Å²) in [6.45, 7) is 0. The lowest BCUT2D eigenvalue weighted by Crippen LogP contribution is -2.45. The van der Waals surface area contributed by atoms with E-state index in [2.05, 4.69) is 11.4 Å². The molecule has 2 N–H and O–H groups in total. The van der Waals surface area contributed by atoms with Crippen molar-refractivity contribution in [3.05, 3.63) is 65.0 Å². The van der Waals surface area contributed by atoms with Crippen LogP contribution in [0.25, 0.3) is 0 Å². The predicted molar refractivity (Wildman–Crippen MR) is 80.8 cm³/mol. The van der Waals surface area contributed by atoms with E-state index >= 15 is 0 Å². The summed E-state index contributed by atoms with van der Waals surface area (Å²) < 4.78 is 13.9. The van der Waals surface area contributed by atoms with Crippen LogP contribution in [-0.2, 0) is 18.4 Å². The van der Waals surface area contributed by atoms with Gasteiger partial charge in [0.1, 0.15) is 11.4 Å². The average Bonchev–Trinajstić information content (AvgIpc) is 2.87. The maximum absolute atomic E-state index is 13.9. The molecule has 21 heavy (non-hydrogen) atoms. The number of fused-ring (bicyclic) bond motifs is 2. The Labute approximate surface area is 123 Å². The molecule has 2 aromatic rings. The lowest BCUT2D eigenvalue weighted by atomic mass is 9.82. The Kier molecular flexibility index (Phi) is 2.79. The van der Waals surface area contributed by atoms with Crippen molar-refractivity contribution in [1.29, 1.82) is 0 Å². The van der Waals surface area contributed by atoms with Gasteiger partial charge in [-0.3, -0.25) is 0 Å². The highest BCUT2D eigenvalue weighted by atomic mass is 19.1. The van der Waals surface area contributed by atoms with E-state index in [9.17, 15) is 9.50 Å². The number of nitrogens with one attached hydrogen (secondary N) is 1. The first kappa shape index (κ1) is 12.8. The van der Waals surface area contributed by atoms with Crippen LogP contribution in [0, 0.1) is 5.82 Å². The predicted octanol–water partition coefficient (Wildman–Crippen LogP) is 3.39. The van der Waals surface area contributed by atoms with Crippen molar-refractivity contribution in [2.45, 2.75) is 37.3 Å². The summed E-state index contributed by atoms with van der Waals surface area (Å²) in [6, 6.07) is 13.2. The molecule has 0 bridgehead atoms. The first-order chi connectivity index (χ1) is 10.2. The van der Waals surface area contributed by atoms with Crippen LogP contribution in [0.15, 0.2) is 42.5 Å². The molecule has 0 saturated heterocycles. The van der Waals surface area contributed by atoms with Gasteiger partial charge in [-0.2, -0.15) is 0 Å². The van der Waals surface area contributed by atoms with Crippen molar-refractivity contribution in [2.24, 2.45) is 0 Å². The Morgan fingerprint density at radius 3 is 2.86 bits per heavy atom. The lowest BCUT2D eigenvalue weighted by Gasteiger charge is -2.38. The van der Waals surface area contributed by atoms with Crippen molar-refractivity contribution in [3.8, 4) is 0 Å². The van der Waals surface area contributed by atoms with Gasteiger partial charge in [-0.15, -0.1) is 0 Å². The van der Waals surface area contributed by atoms with E-state index in [0.717, 1.165) is 24.1 Å². The summed E-state index contributed by atoms with van der Waals surface area (Å²) >= 11 is 0. The smallest absolute Gasteiger partial charge is 0.126 e. The van der Waals surface area contributed by atoms with Crippen molar-refractivity contribution < 1.29 is 9.50 Å². The van der Waals surface area contributed by atoms with Crippen molar-refractivity contribution in [3.63, 3.8) is 0 Å². The van der Waals surface area contributed by atoms with Gasteiger partial charge in [0.05, 0.1) is 6.04 Å². The highest BCUT2D eigenvalue weighted by Gasteiger charge is 2.45. The van der Waals surface area contributed by atoms with Crippen molar-refractivity contribution in [2.75, 3.05) is 5.32 Å². The number of aryl methyl sites for hydroxylation is 1. The van der Waals surface area contributed by atoms with E-state index in [1.807, 2.05) is 24.3 Å². The quantitative estimate of drug-likeness (QED) is 0.841. The second kappa shape index (κ2) is 4.57. The number of rotatable bonds is 1. The molecule has 0 saturated carbocycles. The number of hydrogen-bond acceptors (Lipinski definition) is 2. The number of hydrogen-bond donors (Lipinski definition) is 2. The first-order valence-corrected chi connectivity index (χ1v) is 7.53. The van der Waals surface area contributed by atoms with Crippen LogP contribution in [0.4, 0.5) is 10.1 Å². The maximum Gasteiger partial charge on any atom is 0.126 e. The number of halogens is 1. The molecule has 1 aliphatic carbocycles. The van der Waals surface area contributed by atoms with Gasteiger partial charge in [0.15, 0.2) is 0 Å². The zero-order valence-corrected chi connectivity index (χ0v) is 11.8. The van der Waals surface area contributed by atoms with Crippen LogP contribution in [0.5, 0.6) is 0 Å². The summed E-state index contributed by atoms with van der Waals surface area (Å²) in [5.41, 5.74) is 2.85. The van der Waals surface area contributed by atoms with Gasteiger partial charge in [-0.1, -0.05) is 30.3 Å². The van der Waals surface area contributed by atoms with Gasteiger partial charge in [0, 0.05) is 5.69 Å². The number of anilines is 1. The van der Waals surface area contributed by atoms with E-state index in [-0.39, 0.29) is 11.9 Å². The van der Waals surface area contributed by atoms with Gasteiger partial charge in [-0.05, 0) is 54.5 Å². The molecule has 2 nitrogen and oxygen atoms in total. The van der Waals surface area contributed by atoms with Crippen molar-refractivity contribution in [1.82, 2.24) is 0 Å². The van der Waals surface area contributed by atoms with E-state index in [4.69, 9.17) is 0 Å². The van der Waals surface area contributed by atoms with Gasteiger partial charge >= 0.3 is 0 Å². The van der Waals surface area contributed by atoms with Crippen LogP contribution in [0.1, 0.15) is 29.5 Å². The van der Waals surface area contributed by atoms with E-state index in [1.54, 1.807) is 6.07 Å². The highest BCUT2D eigenvalue weighted by Crippen LogP contribution is 2.44. The Morgan fingerprint density at radius 2 is 1.95 bits per heavy atom. The normalized spacial score (nSPS) is 26.9. The second-order valence-electron chi connectivity index (χ2n) is 6.08. The van der Waals surface area contributed by atoms with Gasteiger partial charge < -0.3 is 10.4 Å². The molecule has 4 rings (SSSR count). The van der Waals surface area contributed by atoms with Crippen molar-refractivity contribution >= 4 is 5.69 Å². The minimum atomic E-state index is -0.967. The van der Waals surface area contributed by atoms with Gasteiger partial charge in [0.25, 0.3) is 0 Å². The largest absolute Gasteiger partial charge is 0.383 e. The number of aliphatic hydroxyl groups is 1. The summed E-state index contributed by atoms with van der Waals surface area (Å²) in [5, 5.41) is 14.7. The number of para-hydroxylation sites is 1. The molecule has 2 atom stereocenters. The maximum atomic E-state index is 13.9. The molecule has 108 valence electrons. The molecule has 2 aliphatic rings. The Bertz CT molecular complexity index is 699. The minimum Gasteiger partial charge on any atom is -0.383 e. The van der Waals surface area contributed by atoms with Gasteiger partial charge in [-0.25, -0.2) is 4.39 Å². The molecule has 3 heteroatoms. The highest BCUT2D eigenvalue weighted by molar-refractivity contribution is 5.55. The van der Waals surface area contributed by atoms with Crippen LogP contribution in [0.2, 0.25) is 0 Å². The van der Waals surface area contributed by atoms with Crippen LogP contribution in [-0.4, -0.2) is 11.1 Å². The average molecular weight is 283 g/mol. The zero-order valence-electron chi connectivity index (χ0n) is 11.8. The molecule has 2 aromatic carbocycles. The molecule has 2 unspecified atom stereocenters. The molecule has 1 aliphatic heterocycles. The summed E-state index contributed by atoms with van der Waals surface area (Å²) in [6.07, 6.45) is 3.01. The lowest BCUT2D eigenvalue weighted by molar-refractivity contribution is 0.0146. The second-order valence-corrected chi connectivity index (χ2v) is 6.08. The monoisotopic (exact) mass is 283 g/mol. The fraction of sp³-hybridized carbons (Fsp3) is 0.333. The Balaban J connectivity index is 1.71. The van der Waals surface area contributed by atoms with E-state index in [0.29, 0.717) is 18.4 Å². The summed E-state index contributed by atoms with van der Waals surface area (Å²) in [4.78, 5) is 0. The third-order valence-corrected chi connectivity index (χ3v) is 4.97. The van der Waals surface area contributed by atoms with E-state index in [1.165, 1.54) is 11.6 Å². The molecule has 0 aromatic heterocycles. The topological polar surface area (TPSA) is 32.3 Å². The van der Waals surface area contributed by atoms with E-state index < -0.39 is 5.60 Å². The van der Waals surface area contributed by atoms with Crippen LogP contribution < -0.4 is 5.32 Å². The SMILES string of the molecule is OC1(C2CCc3ccccc3N2)CCc2c(F)cccc21. The molecule has 0 spiro atoms. The molecule has 0 radical (unpaired) electrons. The molecule has 1 heterocycles. The first-order valence-electron chi connectivity index (χ1n) is 7.53. The third-order valence-electron chi connectivity index (χ3n) is 4.97. The summed E-state index contributed by atoms with van der Waals surface area (Å²) in [7, 11) is 0. The molecule has 0 amide bonds. The van der Waals surface area contributed by atoms with Crippen LogP contribution >= 0.6 is 0 Å². The Morgan fingerprint density at radius 1 is 1.10 bits per heavy atom. The van der Waals surface area contributed by atoms with Gasteiger partial charge in [0.2, 0.25) is 0 Å². The summed E-state index contributed by atoms with van der Waals surface area (Å²) in [5.74, 6) is -0.195. The minimum absolute atomic E-state index is 0.0598. The molecular formula is C18H18FNO. The Hall–Kier alpha value is -1.87. The fourth-order valence-electron chi connectivity index (χ4n) is 3.83. The third kappa shape index (κ3) is 1.88. The standard InChI is InChI=1S/C18H18FNO/c19-15-6-3-5-14-13(15)10-11-18(14,21)17-9-8-12-4-1-2-7-16(12)20-17/h1-7,17,20-21H,8-11H2. The zero-order chi connectivity index (χ0) is 14.4. The fourth-order valence-corrected chi connectivity index (χ4v) is 3.83. The molecular weight excluding hydrogens is 265 g/mol. The van der Waals surface area contributed by atoms with Crippen LogP contribution in [0.3, 0.4) is 0 Å².